The first-order valence-corrected chi connectivity index (χ1v) is 12.2. The van der Waals surface area contributed by atoms with Crippen LogP contribution in [-0.2, 0) is 0 Å². The topological polar surface area (TPSA) is 132 Å². The Kier molecular flexibility index (Phi) is 6.15. The van der Waals surface area contributed by atoms with Gasteiger partial charge in [0.25, 0.3) is 17.3 Å². The molecule has 0 N–H and O–H groups in total. The Morgan fingerprint density at radius 2 is 1.69 bits per heavy atom. The Bertz CT molecular complexity index is 1410. The molecule has 182 valence electrons. The first-order chi connectivity index (χ1) is 17.3. The number of hydrazone groups is 1. The number of carbonyl (C=O) groups is 1. The fourth-order valence-corrected chi connectivity index (χ4v) is 5.53. The lowest BCUT2D eigenvalue weighted by Gasteiger charge is -2.29. The van der Waals surface area contributed by atoms with Gasteiger partial charge in [-0.05, 0) is 61.1 Å². The fourth-order valence-electron chi connectivity index (χ4n) is 4.80. The van der Waals surface area contributed by atoms with Crippen LogP contribution in [0.4, 0.5) is 11.4 Å². The first kappa shape index (κ1) is 23.5. The number of fused-ring (bicyclic) bond motifs is 1. The summed E-state index contributed by atoms with van der Waals surface area (Å²) in [4.78, 5) is 39.6. The summed E-state index contributed by atoms with van der Waals surface area (Å²) < 4.78 is 0. The molecule has 1 aliphatic heterocycles. The number of benzene rings is 2. The van der Waals surface area contributed by atoms with Crippen LogP contribution in [-0.4, -0.2) is 31.5 Å². The Morgan fingerprint density at radius 3 is 2.28 bits per heavy atom. The minimum absolute atomic E-state index is 0.0172. The molecule has 1 amide bonds. The molecule has 11 heteroatoms. The highest BCUT2D eigenvalue weighted by Gasteiger charge is 2.44. The van der Waals surface area contributed by atoms with Crippen molar-refractivity contribution in [2.75, 3.05) is 0 Å². The summed E-state index contributed by atoms with van der Waals surface area (Å²) in [6.45, 7) is 1.78. The molecular weight excluding hydrogens is 482 g/mol. The Hall–Kier alpha value is -4.25. The van der Waals surface area contributed by atoms with Gasteiger partial charge in [0.05, 0.1) is 32.8 Å². The van der Waals surface area contributed by atoms with E-state index in [0.717, 1.165) is 41.7 Å². The molecule has 2 aromatic carbocycles. The van der Waals surface area contributed by atoms with Crippen molar-refractivity contribution in [2.45, 2.75) is 32.2 Å². The number of nitro benzene ring substituents is 2. The number of thiazole rings is 1. The molecule has 36 heavy (non-hydrogen) atoms. The molecule has 0 unspecified atom stereocenters. The Balaban J connectivity index is 1.55. The monoisotopic (exact) mass is 503 g/mol. The highest BCUT2D eigenvalue weighted by atomic mass is 32.1. The normalized spacial score (nSPS) is 20.2. The van der Waals surface area contributed by atoms with Crippen LogP contribution in [0.25, 0.3) is 6.08 Å². The van der Waals surface area contributed by atoms with Gasteiger partial charge < -0.3 is 0 Å². The van der Waals surface area contributed by atoms with E-state index in [4.69, 9.17) is 5.10 Å². The maximum absolute atomic E-state index is 13.6. The molecule has 0 spiro atoms. The predicted octanol–water partition coefficient (Wildman–Crippen LogP) is 5.70. The summed E-state index contributed by atoms with van der Waals surface area (Å²) in [6, 6.07) is 12.2. The lowest BCUT2D eigenvalue weighted by Crippen LogP contribution is -2.31. The van der Waals surface area contributed by atoms with Crippen molar-refractivity contribution in [1.82, 2.24) is 9.99 Å². The van der Waals surface area contributed by atoms with E-state index < -0.39 is 15.9 Å². The molecule has 3 aromatic rings. The summed E-state index contributed by atoms with van der Waals surface area (Å²) in [6.07, 6.45) is 4.42. The molecule has 0 radical (unpaired) electrons. The van der Waals surface area contributed by atoms with E-state index in [1.54, 1.807) is 36.7 Å². The van der Waals surface area contributed by atoms with E-state index in [1.165, 1.54) is 40.6 Å². The predicted molar refractivity (Wildman–Crippen MR) is 135 cm³/mol. The third-order valence-electron chi connectivity index (χ3n) is 6.54. The zero-order chi connectivity index (χ0) is 25.4. The zero-order valence-electron chi connectivity index (χ0n) is 19.2. The highest BCUT2D eigenvalue weighted by Crippen LogP contribution is 2.45. The van der Waals surface area contributed by atoms with Crippen LogP contribution in [0.2, 0.25) is 0 Å². The standard InChI is InChI=1S/C25H21N5O5S/c1-15-24(36-14-26-15)25(31)28-23(17-7-11-20(12-8-17)30(34)35)21-4-2-3-18(22(21)27-28)13-16-5-9-19(10-6-16)29(32)33/h5-14,21,23H,2-4H2,1H3/b18-13+/t21-,23-/m1/s1. The minimum Gasteiger partial charge on any atom is -0.266 e. The molecule has 5 rings (SSSR count). The number of nitro groups is 2. The van der Waals surface area contributed by atoms with Gasteiger partial charge >= 0.3 is 0 Å². The third-order valence-corrected chi connectivity index (χ3v) is 7.46. The van der Waals surface area contributed by atoms with Crippen LogP contribution < -0.4 is 0 Å². The number of nitrogens with zero attached hydrogens (tertiary/aromatic N) is 5. The van der Waals surface area contributed by atoms with Crippen LogP contribution in [0.1, 0.15) is 51.8 Å². The summed E-state index contributed by atoms with van der Waals surface area (Å²) in [5, 5.41) is 28.5. The molecule has 2 heterocycles. The number of non-ortho nitro benzene ring substituents is 2. The zero-order valence-corrected chi connectivity index (χ0v) is 20.1. The van der Waals surface area contributed by atoms with Crippen LogP contribution in [0.3, 0.4) is 0 Å². The van der Waals surface area contributed by atoms with Crippen molar-refractivity contribution >= 4 is 40.4 Å². The van der Waals surface area contributed by atoms with E-state index >= 15 is 0 Å². The molecular formula is C25H21N5O5S. The van der Waals surface area contributed by atoms with Crippen molar-refractivity contribution in [3.63, 3.8) is 0 Å². The van der Waals surface area contributed by atoms with Crippen molar-refractivity contribution in [2.24, 2.45) is 11.0 Å². The molecule has 0 saturated heterocycles. The fraction of sp³-hybridized carbons (Fsp3) is 0.240. The molecule has 2 aliphatic rings. The second-order valence-electron chi connectivity index (χ2n) is 8.71. The lowest BCUT2D eigenvalue weighted by atomic mass is 9.77. The maximum Gasteiger partial charge on any atom is 0.286 e. The van der Waals surface area contributed by atoms with Crippen LogP contribution in [0.15, 0.2) is 64.7 Å². The molecule has 1 fully saturated rings. The summed E-state index contributed by atoms with van der Waals surface area (Å²) >= 11 is 1.26. The van der Waals surface area contributed by atoms with Gasteiger partial charge in [0.1, 0.15) is 4.88 Å². The van der Waals surface area contributed by atoms with Crippen molar-refractivity contribution < 1.29 is 14.6 Å². The van der Waals surface area contributed by atoms with Gasteiger partial charge in [0.2, 0.25) is 0 Å². The number of carbonyl (C=O) groups excluding carboxylic acids is 1. The van der Waals surface area contributed by atoms with E-state index in [2.05, 4.69) is 4.98 Å². The summed E-state index contributed by atoms with van der Waals surface area (Å²) in [5.41, 5.74) is 5.62. The van der Waals surface area contributed by atoms with Gasteiger partial charge in [0, 0.05) is 30.2 Å². The van der Waals surface area contributed by atoms with E-state index in [9.17, 15) is 25.0 Å². The van der Waals surface area contributed by atoms with Crippen LogP contribution in [0.5, 0.6) is 0 Å². The number of aryl methyl sites for hydroxylation is 1. The van der Waals surface area contributed by atoms with Gasteiger partial charge in [-0.25, -0.2) is 9.99 Å². The summed E-state index contributed by atoms with van der Waals surface area (Å²) in [7, 11) is 0. The van der Waals surface area contributed by atoms with E-state index in [1.807, 2.05) is 6.08 Å². The molecule has 1 aliphatic carbocycles. The van der Waals surface area contributed by atoms with Gasteiger partial charge in [-0.1, -0.05) is 12.1 Å². The van der Waals surface area contributed by atoms with Gasteiger partial charge in [0.15, 0.2) is 0 Å². The third kappa shape index (κ3) is 4.29. The highest BCUT2D eigenvalue weighted by molar-refractivity contribution is 7.11. The molecule has 2 atom stereocenters. The van der Waals surface area contributed by atoms with Crippen molar-refractivity contribution in [3.05, 3.63) is 102 Å². The minimum atomic E-state index is -0.449. The second kappa shape index (κ2) is 9.42. The molecule has 0 bridgehead atoms. The largest absolute Gasteiger partial charge is 0.286 e. The van der Waals surface area contributed by atoms with Crippen molar-refractivity contribution in [3.8, 4) is 0 Å². The van der Waals surface area contributed by atoms with E-state index in [-0.39, 0.29) is 23.2 Å². The van der Waals surface area contributed by atoms with Gasteiger partial charge in [-0.3, -0.25) is 25.0 Å². The summed E-state index contributed by atoms with van der Waals surface area (Å²) in [5.74, 6) is -0.336. The Labute approximate surface area is 209 Å². The average molecular weight is 504 g/mol. The van der Waals surface area contributed by atoms with Gasteiger partial charge in [-0.15, -0.1) is 11.3 Å². The quantitative estimate of drug-likeness (QED) is 0.324. The van der Waals surface area contributed by atoms with Crippen LogP contribution >= 0.6 is 11.3 Å². The number of amides is 1. The molecule has 1 aromatic heterocycles. The Morgan fingerprint density at radius 1 is 1.06 bits per heavy atom. The number of allylic oxidation sites excluding steroid dienone is 1. The maximum atomic E-state index is 13.6. The first-order valence-electron chi connectivity index (χ1n) is 11.4. The lowest BCUT2D eigenvalue weighted by molar-refractivity contribution is -0.385. The molecule has 1 saturated carbocycles. The SMILES string of the molecule is Cc1ncsc1C(=O)N1N=C2/C(=C/c3ccc([N+](=O)[O-])cc3)CCC[C@H]2[C@H]1c1ccc([N+](=O)[O-])cc1. The van der Waals surface area contributed by atoms with Crippen LogP contribution in [0, 0.1) is 33.1 Å². The average Bonchev–Trinajstić information content (AvgIpc) is 3.48. The number of hydrogen-bond acceptors (Lipinski definition) is 8. The van der Waals surface area contributed by atoms with Gasteiger partial charge in [-0.2, -0.15) is 5.10 Å². The second-order valence-corrected chi connectivity index (χ2v) is 9.57. The van der Waals surface area contributed by atoms with E-state index in [0.29, 0.717) is 10.6 Å². The number of hydrogen-bond donors (Lipinski definition) is 0. The molecule has 10 nitrogen and oxygen atoms in total. The number of rotatable bonds is 5. The number of aromatic nitrogens is 1. The smallest absolute Gasteiger partial charge is 0.266 e. The van der Waals surface area contributed by atoms with Crippen molar-refractivity contribution in [1.29, 1.82) is 0 Å².